The highest BCUT2D eigenvalue weighted by Gasteiger charge is 2.04. The number of rotatable bonds is 7. The first-order valence-electron chi connectivity index (χ1n) is 5.28. The maximum absolute atomic E-state index is 5.93. The van der Waals surface area contributed by atoms with Gasteiger partial charge in [0.2, 0.25) is 0 Å². The van der Waals surface area contributed by atoms with Crippen LogP contribution in [0.3, 0.4) is 0 Å². The van der Waals surface area contributed by atoms with Crippen molar-refractivity contribution in [2.45, 2.75) is 19.3 Å². The topological polar surface area (TPSA) is 73.1 Å². The molecule has 1 heterocycles. The molecule has 0 unspecified atom stereocenters. The molecule has 0 aliphatic heterocycles. The molecule has 0 amide bonds. The fraction of sp³-hybridized carbons (Fsp3) is 0.600. The average Bonchev–Trinajstić information content (AvgIpc) is 2.31. The lowest BCUT2D eigenvalue weighted by molar-refractivity contribution is 0.380. The summed E-state index contributed by atoms with van der Waals surface area (Å²) in [4.78, 5) is 8.00. The fourth-order valence-electron chi connectivity index (χ4n) is 1.23. The van der Waals surface area contributed by atoms with E-state index in [0.29, 0.717) is 16.9 Å². The summed E-state index contributed by atoms with van der Waals surface area (Å²) < 4.78 is 4.92. The van der Waals surface area contributed by atoms with E-state index in [4.69, 9.17) is 22.1 Å². The third-order valence-corrected chi connectivity index (χ3v) is 2.35. The quantitative estimate of drug-likeness (QED) is 0.714. The lowest BCUT2D eigenvalue weighted by Crippen LogP contribution is -2.06. The second-order valence-corrected chi connectivity index (χ2v) is 3.74. The number of nitrogens with one attached hydrogen (secondary N) is 1. The fourth-order valence-corrected chi connectivity index (χ4v) is 1.38. The molecule has 1 aromatic heterocycles. The van der Waals surface area contributed by atoms with Crippen LogP contribution in [0.2, 0.25) is 5.02 Å². The third kappa shape index (κ3) is 4.20. The maximum atomic E-state index is 5.93. The number of anilines is 1. The van der Waals surface area contributed by atoms with E-state index < -0.39 is 0 Å². The molecule has 0 fully saturated rings. The summed E-state index contributed by atoms with van der Waals surface area (Å²) in [6.07, 6.45) is 4.71. The predicted molar refractivity (Wildman–Crippen MR) is 65.0 cm³/mol. The van der Waals surface area contributed by atoms with Crippen LogP contribution in [0.1, 0.15) is 19.3 Å². The van der Waals surface area contributed by atoms with Gasteiger partial charge in [0.25, 0.3) is 0 Å². The number of ether oxygens (including phenoxy) is 1. The van der Waals surface area contributed by atoms with E-state index in [1.165, 1.54) is 13.3 Å². The maximum Gasteiger partial charge on any atom is 0.318 e. The lowest BCUT2D eigenvalue weighted by atomic mass is 10.2. The number of aromatic nitrogens is 2. The van der Waals surface area contributed by atoms with Crippen molar-refractivity contribution >= 4 is 17.4 Å². The molecule has 1 rings (SSSR count). The number of unbranched alkanes of at least 4 members (excludes halogenated alkanes) is 2. The minimum Gasteiger partial charge on any atom is -0.467 e. The summed E-state index contributed by atoms with van der Waals surface area (Å²) in [5.41, 5.74) is 5.41. The zero-order valence-electron chi connectivity index (χ0n) is 9.37. The Morgan fingerprint density at radius 1 is 1.44 bits per heavy atom. The molecule has 0 aromatic carbocycles. The second kappa shape index (κ2) is 7.24. The van der Waals surface area contributed by atoms with Gasteiger partial charge in [0.05, 0.1) is 13.3 Å². The molecule has 0 atom stereocenters. The van der Waals surface area contributed by atoms with Gasteiger partial charge in [0, 0.05) is 6.54 Å². The molecule has 3 N–H and O–H groups in total. The number of nitrogens with zero attached hydrogens (tertiary/aromatic N) is 2. The predicted octanol–water partition coefficient (Wildman–Crippen LogP) is 1.68. The molecule has 0 spiro atoms. The summed E-state index contributed by atoms with van der Waals surface area (Å²) >= 11 is 5.93. The first kappa shape index (κ1) is 13.0. The van der Waals surface area contributed by atoms with Gasteiger partial charge in [-0.05, 0) is 19.4 Å². The number of hydrogen-bond donors (Lipinski definition) is 2. The Morgan fingerprint density at radius 3 is 2.94 bits per heavy atom. The SMILES string of the molecule is COc1ncc(Cl)c(NCCCCCN)n1. The monoisotopic (exact) mass is 244 g/mol. The lowest BCUT2D eigenvalue weighted by Gasteiger charge is -2.07. The van der Waals surface area contributed by atoms with E-state index in [1.54, 1.807) is 0 Å². The van der Waals surface area contributed by atoms with Gasteiger partial charge < -0.3 is 15.8 Å². The van der Waals surface area contributed by atoms with Crippen molar-refractivity contribution in [1.29, 1.82) is 0 Å². The summed E-state index contributed by atoms with van der Waals surface area (Å²) in [5, 5.41) is 3.64. The first-order valence-corrected chi connectivity index (χ1v) is 5.66. The molecule has 90 valence electrons. The molecule has 5 nitrogen and oxygen atoms in total. The van der Waals surface area contributed by atoms with Crippen molar-refractivity contribution < 1.29 is 4.74 Å². The Bertz CT molecular complexity index is 322. The van der Waals surface area contributed by atoms with Crippen molar-refractivity contribution in [2.24, 2.45) is 5.73 Å². The van der Waals surface area contributed by atoms with E-state index in [2.05, 4.69) is 15.3 Å². The zero-order chi connectivity index (χ0) is 11.8. The number of methoxy groups -OCH3 is 1. The molecule has 1 aromatic rings. The molecule has 0 radical (unpaired) electrons. The summed E-state index contributed by atoms with van der Waals surface area (Å²) in [7, 11) is 1.52. The Hall–Kier alpha value is -1.07. The van der Waals surface area contributed by atoms with Crippen LogP contribution < -0.4 is 15.8 Å². The van der Waals surface area contributed by atoms with Gasteiger partial charge in [-0.1, -0.05) is 18.0 Å². The molecule has 0 bridgehead atoms. The molecule has 0 saturated heterocycles. The molecule has 0 aliphatic carbocycles. The number of nitrogens with two attached hydrogens (primary N) is 1. The summed E-state index contributed by atoms with van der Waals surface area (Å²) in [6, 6.07) is 0.314. The first-order chi connectivity index (χ1) is 7.77. The van der Waals surface area contributed by atoms with Crippen molar-refractivity contribution in [2.75, 3.05) is 25.5 Å². The van der Waals surface area contributed by atoms with Crippen LogP contribution in [0.5, 0.6) is 6.01 Å². The molecular formula is C10H17ClN4O. The average molecular weight is 245 g/mol. The highest BCUT2D eigenvalue weighted by molar-refractivity contribution is 6.32. The normalized spacial score (nSPS) is 10.2. The smallest absolute Gasteiger partial charge is 0.318 e. The minimum atomic E-state index is 0.314. The van der Waals surface area contributed by atoms with Crippen LogP contribution in [-0.4, -0.2) is 30.2 Å². The van der Waals surface area contributed by atoms with Gasteiger partial charge in [-0.2, -0.15) is 4.98 Å². The van der Waals surface area contributed by atoms with Crippen LogP contribution in [0, 0.1) is 0 Å². The van der Waals surface area contributed by atoms with Gasteiger partial charge in [-0.3, -0.25) is 0 Å². The van der Waals surface area contributed by atoms with Gasteiger partial charge in [-0.25, -0.2) is 4.98 Å². The van der Waals surface area contributed by atoms with E-state index in [0.717, 1.165) is 32.4 Å². The van der Waals surface area contributed by atoms with Gasteiger partial charge in [0.15, 0.2) is 5.82 Å². The van der Waals surface area contributed by atoms with Gasteiger partial charge in [-0.15, -0.1) is 0 Å². The van der Waals surface area contributed by atoms with Crippen LogP contribution >= 0.6 is 11.6 Å². The van der Waals surface area contributed by atoms with Crippen LogP contribution in [0.15, 0.2) is 6.20 Å². The van der Waals surface area contributed by atoms with E-state index >= 15 is 0 Å². The van der Waals surface area contributed by atoms with Crippen molar-refractivity contribution in [3.8, 4) is 6.01 Å². The highest BCUT2D eigenvalue weighted by atomic mass is 35.5. The largest absolute Gasteiger partial charge is 0.467 e. The molecule has 6 heteroatoms. The summed E-state index contributed by atoms with van der Waals surface area (Å²) in [5.74, 6) is 0.612. The number of hydrogen-bond acceptors (Lipinski definition) is 5. The van der Waals surface area contributed by atoms with Crippen molar-refractivity contribution in [3.05, 3.63) is 11.2 Å². The van der Waals surface area contributed by atoms with Crippen LogP contribution in [0.4, 0.5) is 5.82 Å². The zero-order valence-corrected chi connectivity index (χ0v) is 10.1. The van der Waals surface area contributed by atoms with Crippen LogP contribution in [0.25, 0.3) is 0 Å². The van der Waals surface area contributed by atoms with E-state index in [1.807, 2.05) is 0 Å². The van der Waals surface area contributed by atoms with Gasteiger partial charge in [0.1, 0.15) is 5.02 Å². The van der Waals surface area contributed by atoms with Gasteiger partial charge >= 0.3 is 6.01 Å². The van der Waals surface area contributed by atoms with Crippen molar-refractivity contribution in [1.82, 2.24) is 9.97 Å². The Balaban J connectivity index is 2.40. The number of halogens is 1. The summed E-state index contributed by atoms with van der Waals surface area (Å²) in [6.45, 7) is 1.56. The highest BCUT2D eigenvalue weighted by Crippen LogP contribution is 2.19. The Labute approximate surface area is 100 Å². The third-order valence-electron chi connectivity index (χ3n) is 2.08. The van der Waals surface area contributed by atoms with E-state index in [-0.39, 0.29) is 0 Å². The molecule has 16 heavy (non-hydrogen) atoms. The second-order valence-electron chi connectivity index (χ2n) is 3.33. The van der Waals surface area contributed by atoms with Crippen molar-refractivity contribution in [3.63, 3.8) is 0 Å². The molecule has 0 saturated carbocycles. The minimum absolute atomic E-state index is 0.314. The van der Waals surface area contributed by atoms with E-state index in [9.17, 15) is 0 Å². The Kier molecular flexibility index (Phi) is 5.88. The van der Waals surface area contributed by atoms with Crippen LogP contribution in [-0.2, 0) is 0 Å². The Morgan fingerprint density at radius 2 is 2.25 bits per heavy atom. The standard InChI is InChI=1S/C10H17ClN4O/c1-16-10-14-7-8(11)9(15-10)13-6-4-2-3-5-12/h7H,2-6,12H2,1H3,(H,13,14,15). The molecule has 0 aliphatic rings. The molecular weight excluding hydrogens is 228 g/mol.